The van der Waals surface area contributed by atoms with Gasteiger partial charge in [0.1, 0.15) is 5.82 Å². The molecule has 2 N–H and O–H groups in total. The molecule has 1 heterocycles. The summed E-state index contributed by atoms with van der Waals surface area (Å²) in [5.74, 6) is 1.56. The molecule has 1 aromatic heterocycles. The minimum absolute atomic E-state index is 0.681. The molecule has 0 saturated carbocycles. The Kier molecular flexibility index (Phi) is 6.32. The van der Waals surface area contributed by atoms with E-state index in [4.69, 9.17) is 0 Å². The van der Waals surface area contributed by atoms with E-state index in [1.165, 1.54) is 0 Å². The first kappa shape index (κ1) is 13.7. The fourth-order valence-electron chi connectivity index (χ4n) is 1.58. The van der Waals surface area contributed by atoms with Gasteiger partial charge in [0.05, 0.1) is 0 Å². The summed E-state index contributed by atoms with van der Waals surface area (Å²) >= 11 is 0. The highest BCUT2D eigenvalue weighted by molar-refractivity contribution is 5.39. The number of hydrogen-bond donors (Lipinski definition) is 2. The fourth-order valence-corrected chi connectivity index (χ4v) is 1.58. The number of anilines is 2. The quantitative estimate of drug-likeness (QED) is 0.720. The van der Waals surface area contributed by atoms with Crippen LogP contribution in [-0.2, 0) is 0 Å². The van der Waals surface area contributed by atoms with Crippen LogP contribution in [0, 0.1) is 0 Å². The topological polar surface area (TPSA) is 53.1 Å². The summed E-state index contributed by atoms with van der Waals surface area (Å²) in [6, 6.07) is 1.89. The van der Waals surface area contributed by atoms with Crippen molar-refractivity contribution >= 4 is 11.8 Å². The fraction of sp³-hybridized carbons (Fsp3) is 0.667. The third-order valence-corrected chi connectivity index (χ3v) is 2.62. The summed E-state index contributed by atoms with van der Waals surface area (Å²) in [7, 11) is 0. The van der Waals surface area contributed by atoms with Gasteiger partial charge >= 0.3 is 0 Å². The van der Waals surface area contributed by atoms with Crippen LogP contribution < -0.4 is 10.6 Å². The second-order valence-electron chi connectivity index (χ2n) is 3.75. The van der Waals surface area contributed by atoms with E-state index in [-0.39, 0.29) is 0 Å². The van der Waals surface area contributed by atoms with Crippen molar-refractivity contribution in [2.45, 2.75) is 20.8 Å². The number of nitrogens with zero attached hydrogens (tertiary/aromatic N) is 3. The highest BCUT2D eigenvalue weighted by Crippen LogP contribution is 2.04. The minimum atomic E-state index is 0.681. The molecule has 0 aromatic carbocycles. The lowest BCUT2D eigenvalue weighted by Gasteiger charge is -2.18. The smallest absolute Gasteiger partial charge is 0.224 e. The summed E-state index contributed by atoms with van der Waals surface area (Å²) in [5, 5.41) is 6.41. The van der Waals surface area contributed by atoms with Gasteiger partial charge in [0, 0.05) is 25.8 Å². The Morgan fingerprint density at radius 2 is 1.94 bits per heavy atom. The second kappa shape index (κ2) is 7.84. The first-order chi connectivity index (χ1) is 8.30. The Balaban J connectivity index is 2.38. The molecule has 0 amide bonds. The molecular weight excluding hydrogens is 214 g/mol. The van der Waals surface area contributed by atoms with Crippen molar-refractivity contribution in [3.05, 3.63) is 12.3 Å². The normalized spacial score (nSPS) is 10.6. The Morgan fingerprint density at radius 1 is 1.18 bits per heavy atom. The largest absolute Gasteiger partial charge is 0.369 e. The Hall–Kier alpha value is -1.36. The molecule has 0 atom stereocenters. The molecular formula is C12H23N5. The molecule has 0 bridgehead atoms. The van der Waals surface area contributed by atoms with Crippen LogP contribution in [0.5, 0.6) is 0 Å². The average Bonchev–Trinajstić information content (AvgIpc) is 2.36. The molecule has 5 nitrogen and oxygen atoms in total. The molecule has 0 aliphatic heterocycles. The molecule has 1 rings (SSSR count). The summed E-state index contributed by atoms with van der Waals surface area (Å²) in [4.78, 5) is 10.9. The van der Waals surface area contributed by atoms with Gasteiger partial charge in [-0.25, -0.2) is 4.98 Å². The lowest BCUT2D eigenvalue weighted by molar-refractivity contribution is 0.316. The van der Waals surface area contributed by atoms with Gasteiger partial charge in [-0.2, -0.15) is 4.98 Å². The van der Waals surface area contributed by atoms with E-state index in [2.05, 4.69) is 39.3 Å². The summed E-state index contributed by atoms with van der Waals surface area (Å²) in [6.07, 6.45) is 1.77. The van der Waals surface area contributed by atoms with Crippen LogP contribution in [0.2, 0.25) is 0 Å². The number of aromatic nitrogens is 2. The van der Waals surface area contributed by atoms with E-state index in [1.807, 2.05) is 13.0 Å². The zero-order valence-electron chi connectivity index (χ0n) is 11.0. The summed E-state index contributed by atoms with van der Waals surface area (Å²) in [6.45, 7) is 11.3. The average molecular weight is 237 g/mol. The van der Waals surface area contributed by atoms with Crippen LogP contribution in [0.1, 0.15) is 20.8 Å². The van der Waals surface area contributed by atoms with Crippen molar-refractivity contribution in [2.24, 2.45) is 0 Å². The predicted molar refractivity (Wildman–Crippen MR) is 72.5 cm³/mol. The van der Waals surface area contributed by atoms with Crippen LogP contribution in [0.25, 0.3) is 0 Å². The van der Waals surface area contributed by atoms with Gasteiger partial charge in [-0.15, -0.1) is 0 Å². The van der Waals surface area contributed by atoms with Crippen LogP contribution in [0.3, 0.4) is 0 Å². The van der Waals surface area contributed by atoms with Gasteiger partial charge in [0.25, 0.3) is 0 Å². The van der Waals surface area contributed by atoms with E-state index in [0.717, 1.165) is 38.5 Å². The molecule has 0 aliphatic carbocycles. The molecule has 0 aliphatic rings. The standard InChI is InChI=1S/C12H23N5/c1-4-13-12-15-8-7-11(16-12)14-9-10-17(5-2)6-3/h7-8H,4-6,9-10H2,1-3H3,(H2,13,14,15,16). The first-order valence-electron chi connectivity index (χ1n) is 6.33. The lowest BCUT2D eigenvalue weighted by atomic mass is 10.4. The maximum atomic E-state index is 4.36. The molecule has 0 spiro atoms. The van der Waals surface area contributed by atoms with Crippen LogP contribution in [0.4, 0.5) is 11.8 Å². The third kappa shape index (κ3) is 4.99. The molecule has 0 radical (unpaired) electrons. The zero-order chi connectivity index (χ0) is 12.5. The van der Waals surface area contributed by atoms with Crippen molar-refractivity contribution in [3.8, 4) is 0 Å². The molecule has 17 heavy (non-hydrogen) atoms. The van der Waals surface area contributed by atoms with E-state index in [1.54, 1.807) is 6.20 Å². The first-order valence-corrected chi connectivity index (χ1v) is 6.33. The molecule has 0 unspecified atom stereocenters. The van der Waals surface area contributed by atoms with Gasteiger partial charge in [0.15, 0.2) is 0 Å². The monoisotopic (exact) mass is 237 g/mol. The van der Waals surface area contributed by atoms with Crippen molar-refractivity contribution in [1.29, 1.82) is 0 Å². The van der Waals surface area contributed by atoms with Crippen LogP contribution >= 0.6 is 0 Å². The third-order valence-electron chi connectivity index (χ3n) is 2.62. The Labute approximate surface area is 104 Å². The maximum absolute atomic E-state index is 4.36. The number of hydrogen-bond acceptors (Lipinski definition) is 5. The number of nitrogens with one attached hydrogen (secondary N) is 2. The summed E-state index contributed by atoms with van der Waals surface area (Å²) < 4.78 is 0. The molecule has 5 heteroatoms. The van der Waals surface area contributed by atoms with Crippen molar-refractivity contribution in [2.75, 3.05) is 43.4 Å². The van der Waals surface area contributed by atoms with Crippen LogP contribution in [-0.4, -0.2) is 47.6 Å². The molecule has 0 saturated heterocycles. The zero-order valence-corrected chi connectivity index (χ0v) is 11.0. The van der Waals surface area contributed by atoms with Gasteiger partial charge in [0.2, 0.25) is 5.95 Å². The van der Waals surface area contributed by atoms with Crippen molar-refractivity contribution in [1.82, 2.24) is 14.9 Å². The van der Waals surface area contributed by atoms with Crippen molar-refractivity contribution in [3.63, 3.8) is 0 Å². The molecule has 96 valence electrons. The Bertz CT molecular complexity index is 312. The lowest BCUT2D eigenvalue weighted by Crippen LogP contribution is -2.28. The maximum Gasteiger partial charge on any atom is 0.224 e. The number of rotatable bonds is 8. The van der Waals surface area contributed by atoms with E-state index >= 15 is 0 Å². The summed E-state index contributed by atoms with van der Waals surface area (Å²) in [5.41, 5.74) is 0. The second-order valence-corrected chi connectivity index (χ2v) is 3.75. The van der Waals surface area contributed by atoms with Gasteiger partial charge in [-0.05, 0) is 26.1 Å². The molecule has 0 fully saturated rings. The van der Waals surface area contributed by atoms with Gasteiger partial charge in [-0.3, -0.25) is 0 Å². The highest BCUT2D eigenvalue weighted by atomic mass is 15.2. The predicted octanol–water partition coefficient (Wildman–Crippen LogP) is 1.66. The highest BCUT2D eigenvalue weighted by Gasteiger charge is 2.00. The molecule has 1 aromatic rings. The SMILES string of the molecule is CCNc1nccc(NCCN(CC)CC)n1. The van der Waals surface area contributed by atoms with Crippen LogP contribution in [0.15, 0.2) is 12.3 Å². The van der Waals surface area contributed by atoms with Gasteiger partial charge < -0.3 is 15.5 Å². The Morgan fingerprint density at radius 3 is 2.59 bits per heavy atom. The van der Waals surface area contributed by atoms with Crippen molar-refractivity contribution < 1.29 is 0 Å². The number of likely N-dealkylation sites (N-methyl/N-ethyl adjacent to an activating group) is 1. The van der Waals surface area contributed by atoms with Gasteiger partial charge in [-0.1, -0.05) is 13.8 Å². The minimum Gasteiger partial charge on any atom is -0.369 e. The van der Waals surface area contributed by atoms with E-state index in [0.29, 0.717) is 5.95 Å². The van der Waals surface area contributed by atoms with E-state index in [9.17, 15) is 0 Å². The van der Waals surface area contributed by atoms with E-state index < -0.39 is 0 Å².